The van der Waals surface area contributed by atoms with Gasteiger partial charge in [0, 0.05) is 31.2 Å². The van der Waals surface area contributed by atoms with E-state index in [2.05, 4.69) is 10.3 Å². The smallest absolute Gasteiger partial charge is 0.255 e. The minimum Gasteiger partial charge on any atom is -0.507 e. The molecule has 0 atom stereocenters. The van der Waals surface area contributed by atoms with Crippen LogP contribution in [0.4, 0.5) is 5.69 Å². The Bertz CT molecular complexity index is 552. The summed E-state index contributed by atoms with van der Waals surface area (Å²) < 4.78 is 1.93. The van der Waals surface area contributed by atoms with Crippen molar-refractivity contribution in [2.45, 2.75) is 13.0 Å². The number of amides is 1. The SMILES string of the molecule is Nc1ccc(O)c(C(=O)NCCCn2ccnc2)c1. The van der Waals surface area contributed by atoms with E-state index in [0.29, 0.717) is 12.2 Å². The van der Waals surface area contributed by atoms with Gasteiger partial charge in [-0.1, -0.05) is 0 Å². The van der Waals surface area contributed by atoms with Crippen molar-refractivity contribution >= 4 is 11.6 Å². The number of hydrogen-bond acceptors (Lipinski definition) is 4. The van der Waals surface area contributed by atoms with E-state index < -0.39 is 0 Å². The molecule has 4 N–H and O–H groups in total. The molecule has 0 bridgehead atoms. The van der Waals surface area contributed by atoms with E-state index in [0.717, 1.165) is 13.0 Å². The van der Waals surface area contributed by atoms with Gasteiger partial charge >= 0.3 is 0 Å². The molecule has 0 radical (unpaired) electrons. The van der Waals surface area contributed by atoms with Crippen molar-refractivity contribution in [2.24, 2.45) is 0 Å². The maximum atomic E-state index is 11.8. The summed E-state index contributed by atoms with van der Waals surface area (Å²) in [6, 6.07) is 4.42. The van der Waals surface area contributed by atoms with Crippen molar-refractivity contribution in [2.75, 3.05) is 12.3 Å². The summed E-state index contributed by atoms with van der Waals surface area (Å²) in [7, 11) is 0. The predicted molar refractivity (Wildman–Crippen MR) is 71.7 cm³/mol. The van der Waals surface area contributed by atoms with Crippen LogP contribution in [-0.4, -0.2) is 27.1 Å². The molecule has 0 aliphatic rings. The first-order chi connectivity index (χ1) is 9.16. The van der Waals surface area contributed by atoms with Crippen LogP contribution < -0.4 is 11.1 Å². The lowest BCUT2D eigenvalue weighted by molar-refractivity contribution is 0.0950. The predicted octanol–water partition coefficient (Wildman–Crippen LogP) is 0.991. The summed E-state index contributed by atoms with van der Waals surface area (Å²) in [5.41, 5.74) is 6.23. The number of nitrogen functional groups attached to an aromatic ring is 1. The quantitative estimate of drug-likeness (QED) is 0.424. The van der Waals surface area contributed by atoms with Crippen LogP contribution in [0.15, 0.2) is 36.9 Å². The van der Waals surface area contributed by atoms with Crippen LogP contribution in [0.2, 0.25) is 0 Å². The molecule has 1 aromatic carbocycles. The number of phenols is 1. The normalized spacial score (nSPS) is 10.3. The van der Waals surface area contributed by atoms with E-state index in [-0.39, 0.29) is 17.2 Å². The van der Waals surface area contributed by atoms with Crippen molar-refractivity contribution in [1.29, 1.82) is 0 Å². The highest BCUT2D eigenvalue weighted by atomic mass is 16.3. The van der Waals surface area contributed by atoms with Gasteiger partial charge < -0.3 is 20.7 Å². The first-order valence-electron chi connectivity index (χ1n) is 5.99. The number of aryl methyl sites for hydroxylation is 1. The molecular weight excluding hydrogens is 244 g/mol. The third-order valence-corrected chi connectivity index (χ3v) is 2.70. The lowest BCUT2D eigenvalue weighted by atomic mass is 10.1. The van der Waals surface area contributed by atoms with E-state index in [1.165, 1.54) is 12.1 Å². The summed E-state index contributed by atoms with van der Waals surface area (Å²) in [6.07, 6.45) is 6.09. The standard InChI is InChI=1S/C13H16N4O2/c14-10-2-3-12(18)11(8-10)13(19)16-4-1-6-17-7-5-15-9-17/h2-3,5,7-9,18H,1,4,6,14H2,(H,16,19). The van der Waals surface area contributed by atoms with Crippen molar-refractivity contribution in [3.8, 4) is 5.75 Å². The Morgan fingerprint density at radius 1 is 1.47 bits per heavy atom. The Balaban J connectivity index is 1.82. The van der Waals surface area contributed by atoms with Crippen molar-refractivity contribution in [3.05, 3.63) is 42.5 Å². The molecule has 0 saturated heterocycles. The summed E-state index contributed by atoms with van der Waals surface area (Å²) in [5, 5.41) is 12.3. The summed E-state index contributed by atoms with van der Waals surface area (Å²) >= 11 is 0. The molecule has 6 nitrogen and oxygen atoms in total. The Hall–Kier alpha value is -2.50. The Morgan fingerprint density at radius 3 is 3.05 bits per heavy atom. The third-order valence-electron chi connectivity index (χ3n) is 2.70. The van der Waals surface area contributed by atoms with Crippen molar-refractivity contribution in [3.63, 3.8) is 0 Å². The van der Waals surface area contributed by atoms with Gasteiger partial charge in [-0.3, -0.25) is 4.79 Å². The fourth-order valence-corrected chi connectivity index (χ4v) is 1.71. The van der Waals surface area contributed by atoms with Gasteiger partial charge in [-0.05, 0) is 24.6 Å². The summed E-state index contributed by atoms with van der Waals surface area (Å²) in [5.74, 6) is -0.392. The molecule has 0 fully saturated rings. The van der Waals surface area contributed by atoms with Gasteiger partial charge in [0.1, 0.15) is 5.75 Å². The molecule has 0 aliphatic heterocycles. The van der Waals surface area contributed by atoms with Crippen molar-refractivity contribution < 1.29 is 9.90 Å². The minimum atomic E-state index is -0.324. The van der Waals surface area contributed by atoms with E-state index in [1.807, 2.05) is 10.8 Å². The van der Waals surface area contributed by atoms with Crippen LogP contribution >= 0.6 is 0 Å². The topological polar surface area (TPSA) is 93.2 Å². The number of rotatable bonds is 5. The molecule has 1 heterocycles. The summed E-state index contributed by atoms with van der Waals surface area (Å²) in [4.78, 5) is 15.8. The largest absolute Gasteiger partial charge is 0.507 e. The molecule has 0 unspecified atom stereocenters. The molecule has 0 saturated carbocycles. The molecule has 0 spiro atoms. The number of anilines is 1. The number of benzene rings is 1. The third kappa shape index (κ3) is 3.48. The number of aromatic hydroxyl groups is 1. The highest BCUT2D eigenvalue weighted by molar-refractivity contribution is 5.97. The van der Waals surface area contributed by atoms with E-state index >= 15 is 0 Å². The van der Waals surface area contributed by atoms with Gasteiger partial charge in [0.15, 0.2) is 0 Å². The minimum absolute atomic E-state index is 0.0682. The van der Waals surface area contributed by atoms with Gasteiger partial charge in [0.2, 0.25) is 0 Å². The number of phenolic OH excluding ortho intramolecular Hbond substituents is 1. The lowest BCUT2D eigenvalue weighted by Crippen LogP contribution is -2.25. The van der Waals surface area contributed by atoms with E-state index in [1.54, 1.807) is 18.6 Å². The monoisotopic (exact) mass is 260 g/mol. The highest BCUT2D eigenvalue weighted by Gasteiger charge is 2.10. The average Bonchev–Trinajstić information content (AvgIpc) is 2.90. The van der Waals surface area contributed by atoms with Gasteiger partial charge in [0.05, 0.1) is 11.9 Å². The fraction of sp³-hybridized carbons (Fsp3) is 0.231. The van der Waals surface area contributed by atoms with Gasteiger partial charge in [-0.15, -0.1) is 0 Å². The molecular formula is C13H16N4O2. The molecule has 1 aromatic heterocycles. The lowest BCUT2D eigenvalue weighted by Gasteiger charge is -2.07. The fourth-order valence-electron chi connectivity index (χ4n) is 1.71. The number of nitrogens with one attached hydrogen (secondary N) is 1. The molecule has 2 rings (SSSR count). The molecule has 0 aliphatic carbocycles. The number of nitrogens with zero attached hydrogens (tertiary/aromatic N) is 2. The Kier molecular flexibility index (Phi) is 4.02. The second-order valence-electron chi connectivity index (χ2n) is 4.19. The molecule has 6 heteroatoms. The van der Waals surface area contributed by atoms with Gasteiger partial charge in [-0.2, -0.15) is 0 Å². The van der Waals surface area contributed by atoms with Gasteiger partial charge in [-0.25, -0.2) is 4.98 Å². The second-order valence-corrected chi connectivity index (χ2v) is 4.19. The first kappa shape index (κ1) is 12.9. The van der Waals surface area contributed by atoms with Crippen LogP contribution in [0.1, 0.15) is 16.8 Å². The van der Waals surface area contributed by atoms with Crippen LogP contribution in [0.3, 0.4) is 0 Å². The zero-order chi connectivity index (χ0) is 13.7. The first-order valence-corrected chi connectivity index (χ1v) is 5.99. The molecule has 2 aromatic rings. The van der Waals surface area contributed by atoms with E-state index in [9.17, 15) is 9.90 Å². The molecule has 19 heavy (non-hydrogen) atoms. The van der Waals surface area contributed by atoms with Gasteiger partial charge in [0.25, 0.3) is 5.91 Å². The number of nitrogens with two attached hydrogens (primary N) is 1. The van der Waals surface area contributed by atoms with E-state index in [4.69, 9.17) is 5.73 Å². The van der Waals surface area contributed by atoms with Crippen LogP contribution in [0.5, 0.6) is 5.75 Å². The Morgan fingerprint density at radius 2 is 2.32 bits per heavy atom. The van der Waals surface area contributed by atoms with Crippen LogP contribution in [0.25, 0.3) is 0 Å². The number of carbonyl (C=O) groups is 1. The van der Waals surface area contributed by atoms with Crippen LogP contribution in [-0.2, 0) is 6.54 Å². The summed E-state index contributed by atoms with van der Waals surface area (Å²) in [6.45, 7) is 1.30. The molecule has 100 valence electrons. The molecule has 1 amide bonds. The number of imidazole rings is 1. The highest BCUT2D eigenvalue weighted by Crippen LogP contribution is 2.19. The zero-order valence-corrected chi connectivity index (χ0v) is 10.4. The van der Waals surface area contributed by atoms with Crippen LogP contribution in [0, 0.1) is 0 Å². The maximum Gasteiger partial charge on any atom is 0.255 e. The number of carbonyl (C=O) groups excluding carboxylic acids is 1. The number of aromatic nitrogens is 2. The zero-order valence-electron chi connectivity index (χ0n) is 10.4. The Labute approximate surface area is 110 Å². The second kappa shape index (κ2) is 5.90. The average molecular weight is 260 g/mol. The van der Waals surface area contributed by atoms with Crippen molar-refractivity contribution in [1.82, 2.24) is 14.9 Å². The maximum absolute atomic E-state index is 11.8. The number of hydrogen-bond donors (Lipinski definition) is 3.